The minimum Gasteiger partial charge on any atom is -0.508 e. The predicted octanol–water partition coefficient (Wildman–Crippen LogP) is 1.83. The second kappa shape index (κ2) is 6.28. The molecule has 5 nitrogen and oxygen atoms in total. The summed E-state index contributed by atoms with van der Waals surface area (Å²) in [4.78, 5) is 13.8. The van der Waals surface area contributed by atoms with Gasteiger partial charge in [0.15, 0.2) is 0 Å². The van der Waals surface area contributed by atoms with Crippen molar-refractivity contribution in [2.75, 3.05) is 7.05 Å². The maximum atomic E-state index is 12.3. The maximum Gasteiger partial charge on any atom is 0.254 e. The van der Waals surface area contributed by atoms with Gasteiger partial charge in [0.2, 0.25) is 0 Å². The lowest BCUT2D eigenvalue weighted by Crippen LogP contribution is -2.26. The van der Waals surface area contributed by atoms with Crippen molar-refractivity contribution in [3.05, 3.63) is 59.2 Å². The average Bonchev–Trinajstić information content (AvgIpc) is 2.45. The van der Waals surface area contributed by atoms with E-state index in [2.05, 4.69) is 0 Å². The fourth-order valence-corrected chi connectivity index (χ4v) is 2.14. The highest BCUT2D eigenvalue weighted by molar-refractivity contribution is 5.94. The maximum absolute atomic E-state index is 12.3. The van der Waals surface area contributed by atoms with E-state index in [1.54, 1.807) is 7.05 Å². The van der Waals surface area contributed by atoms with E-state index in [-0.39, 0.29) is 23.0 Å². The number of nitrogens with two attached hydrogens (primary N) is 1. The summed E-state index contributed by atoms with van der Waals surface area (Å²) in [6.45, 7) is 0.870. The lowest BCUT2D eigenvalue weighted by Gasteiger charge is -2.18. The molecule has 0 unspecified atom stereocenters. The van der Waals surface area contributed by atoms with Gasteiger partial charge in [-0.05, 0) is 23.3 Å². The van der Waals surface area contributed by atoms with E-state index in [1.807, 2.05) is 24.3 Å². The van der Waals surface area contributed by atoms with Gasteiger partial charge in [-0.15, -0.1) is 0 Å². The van der Waals surface area contributed by atoms with Crippen LogP contribution in [0, 0.1) is 0 Å². The lowest BCUT2D eigenvalue weighted by atomic mass is 10.1. The van der Waals surface area contributed by atoms with Crippen LogP contribution >= 0.6 is 0 Å². The van der Waals surface area contributed by atoms with Crippen LogP contribution in [0.25, 0.3) is 0 Å². The first-order chi connectivity index (χ1) is 9.99. The Labute approximate surface area is 123 Å². The van der Waals surface area contributed by atoms with Crippen molar-refractivity contribution >= 4 is 5.91 Å². The molecular weight excluding hydrogens is 268 g/mol. The highest BCUT2D eigenvalue weighted by Crippen LogP contribution is 2.21. The van der Waals surface area contributed by atoms with Gasteiger partial charge in [0.25, 0.3) is 5.91 Å². The van der Waals surface area contributed by atoms with Crippen molar-refractivity contribution < 1.29 is 15.0 Å². The molecule has 0 heterocycles. The summed E-state index contributed by atoms with van der Waals surface area (Å²) in [6, 6.07) is 11.5. The van der Waals surface area contributed by atoms with Gasteiger partial charge in [0.05, 0.1) is 0 Å². The van der Waals surface area contributed by atoms with Crippen molar-refractivity contribution in [3.63, 3.8) is 0 Å². The molecule has 0 atom stereocenters. The number of hydrogen-bond donors (Lipinski definition) is 3. The first kappa shape index (κ1) is 14.9. The smallest absolute Gasteiger partial charge is 0.254 e. The van der Waals surface area contributed by atoms with Crippen LogP contribution in [0.4, 0.5) is 0 Å². The van der Waals surface area contributed by atoms with Crippen LogP contribution in [-0.4, -0.2) is 28.1 Å². The van der Waals surface area contributed by atoms with Gasteiger partial charge in [0.1, 0.15) is 11.5 Å². The van der Waals surface area contributed by atoms with E-state index >= 15 is 0 Å². The Balaban J connectivity index is 2.15. The number of aromatic hydroxyl groups is 2. The number of nitrogens with zero attached hydrogens (tertiary/aromatic N) is 1. The molecule has 0 aliphatic rings. The zero-order valence-corrected chi connectivity index (χ0v) is 11.8. The minimum absolute atomic E-state index is 0.142. The fraction of sp³-hybridized carbons (Fsp3) is 0.188. The van der Waals surface area contributed by atoms with E-state index in [0.29, 0.717) is 13.1 Å². The molecular formula is C16H18N2O3. The molecule has 0 spiro atoms. The zero-order chi connectivity index (χ0) is 15.4. The van der Waals surface area contributed by atoms with Gasteiger partial charge in [-0.2, -0.15) is 0 Å². The summed E-state index contributed by atoms with van der Waals surface area (Å²) in [5.74, 6) is -0.562. The van der Waals surface area contributed by atoms with Crippen molar-refractivity contribution in [2.24, 2.45) is 5.73 Å². The number of rotatable bonds is 4. The average molecular weight is 286 g/mol. The van der Waals surface area contributed by atoms with Crippen LogP contribution in [0.5, 0.6) is 11.5 Å². The van der Waals surface area contributed by atoms with Gasteiger partial charge < -0.3 is 20.8 Å². The van der Waals surface area contributed by atoms with E-state index in [1.165, 1.54) is 23.1 Å². The third kappa shape index (κ3) is 3.73. The number of phenols is 2. The quantitative estimate of drug-likeness (QED) is 0.800. The molecule has 0 aliphatic carbocycles. The van der Waals surface area contributed by atoms with Gasteiger partial charge in [-0.25, -0.2) is 0 Å². The highest BCUT2D eigenvalue weighted by atomic mass is 16.3. The van der Waals surface area contributed by atoms with E-state index in [9.17, 15) is 15.0 Å². The molecule has 0 aliphatic heterocycles. The third-order valence-electron chi connectivity index (χ3n) is 3.14. The van der Waals surface area contributed by atoms with Crippen molar-refractivity contribution in [1.29, 1.82) is 0 Å². The first-order valence-corrected chi connectivity index (χ1v) is 6.56. The molecule has 5 heteroatoms. The van der Waals surface area contributed by atoms with E-state index in [0.717, 1.165) is 11.1 Å². The number of amides is 1. The number of carbonyl (C=O) groups excluding carboxylic acids is 1. The molecule has 2 aromatic carbocycles. The molecule has 2 rings (SSSR count). The van der Waals surface area contributed by atoms with Crippen molar-refractivity contribution in [2.45, 2.75) is 13.1 Å². The van der Waals surface area contributed by atoms with Crippen molar-refractivity contribution in [1.82, 2.24) is 4.90 Å². The number of benzene rings is 2. The zero-order valence-electron chi connectivity index (χ0n) is 11.8. The van der Waals surface area contributed by atoms with Gasteiger partial charge in [-0.1, -0.05) is 24.3 Å². The Morgan fingerprint density at radius 1 is 1.10 bits per heavy atom. The van der Waals surface area contributed by atoms with Crippen LogP contribution in [0.2, 0.25) is 0 Å². The topological polar surface area (TPSA) is 86.8 Å². The summed E-state index contributed by atoms with van der Waals surface area (Å²) < 4.78 is 0. The molecule has 2 aromatic rings. The van der Waals surface area contributed by atoms with E-state index < -0.39 is 0 Å². The van der Waals surface area contributed by atoms with Crippen LogP contribution in [0.3, 0.4) is 0 Å². The number of carbonyl (C=O) groups is 1. The molecule has 0 saturated carbocycles. The second-order valence-electron chi connectivity index (χ2n) is 4.92. The summed E-state index contributed by atoms with van der Waals surface area (Å²) >= 11 is 0. The van der Waals surface area contributed by atoms with E-state index in [4.69, 9.17) is 5.73 Å². The summed E-state index contributed by atoms with van der Waals surface area (Å²) in [7, 11) is 1.67. The monoisotopic (exact) mass is 286 g/mol. The second-order valence-corrected chi connectivity index (χ2v) is 4.92. The Kier molecular flexibility index (Phi) is 4.45. The molecule has 0 aromatic heterocycles. The molecule has 4 N–H and O–H groups in total. The molecule has 0 fully saturated rings. The number of hydrogen-bond acceptors (Lipinski definition) is 4. The Morgan fingerprint density at radius 2 is 1.71 bits per heavy atom. The number of phenolic OH excluding ortho intramolecular Hbond substituents is 2. The Hall–Kier alpha value is -2.53. The minimum atomic E-state index is -0.278. The predicted molar refractivity (Wildman–Crippen MR) is 79.9 cm³/mol. The van der Waals surface area contributed by atoms with Crippen molar-refractivity contribution in [3.8, 4) is 11.5 Å². The molecule has 0 saturated heterocycles. The Bertz CT molecular complexity index is 635. The standard InChI is InChI=1S/C16H18N2O3/c1-18(10-12-4-2-3-11(5-12)9-17)16(21)13-6-14(19)8-15(20)7-13/h2-8,19-20H,9-10,17H2,1H3. The fourth-order valence-electron chi connectivity index (χ4n) is 2.14. The first-order valence-electron chi connectivity index (χ1n) is 6.56. The normalized spacial score (nSPS) is 10.4. The van der Waals surface area contributed by atoms with Gasteiger partial charge in [-0.3, -0.25) is 4.79 Å². The molecule has 21 heavy (non-hydrogen) atoms. The largest absolute Gasteiger partial charge is 0.508 e. The summed E-state index contributed by atoms with van der Waals surface area (Å²) in [6.07, 6.45) is 0. The lowest BCUT2D eigenvalue weighted by molar-refractivity contribution is 0.0784. The Morgan fingerprint density at radius 3 is 2.33 bits per heavy atom. The third-order valence-corrected chi connectivity index (χ3v) is 3.14. The summed E-state index contributed by atoms with van der Waals surface area (Å²) in [5.41, 5.74) is 7.81. The molecule has 0 radical (unpaired) electrons. The van der Waals surface area contributed by atoms with Crippen LogP contribution < -0.4 is 5.73 Å². The van der Waals surface area contributed by atoms with Gasteiger partial charge >= 0.3 is 0 Å². The molecule has 1 amide bonds. The SMILES string of the molecule is CN(Cc1cccc(CN)c1)C(=O)c1cc(O)cc(O)c1. The highest BCUT2D eigenvalue weighted by Gasteiger charge is 2.14. The van der Waals surface area contributed by atoms with Gasteiger partial charge in [0, 0.05) is 31.8 Å². The van der Waals surface area contributed by atoms with Crippen LogP contribution in [0.15, 0.2) is 42.5 Å². The molecule has 0 bridgehead atoms. The van der Waals surface area contributed by atoms with Crippen LogP contribution in [0.1, 0.15) is 21.5 Å². The molecule has 110 valence electrons. The van der Waals surface area contributed by atoms with Crippen LogP contribution in [-0.2, 0) is 13.1 Å². The summed E-state index contributed by atoms with van der Waals surface area (Å²) in [5, 5.41) is 18.9.